The Kier molecular flexibility index (Phi) is 3.33. The van der Waals surface area contributed by atoms with Crippen LogP contribution in [0.15, 0.2) is 61.1 Å². The SMILES string of the molecule is Cn1nccc1C(=O)Nc1cc(-c2cccc3[nH]ccc23)cc2[nH]ncc12. The summed E-state index contributed by atoms with van der Waals surface area (Å²) in [6.07, 6.45) is 5.24. The van der Waals surface area contributed by atoms with Gasteiger partial charge in [-0.2, -0.15) is 10.2 Å². The molecule has 0 radical (unpaired) electrons. The second kappa shape index (κ2) is 5.84. The number of hydrogen-bond acceptors (Lipinski definition) is 3. The standard InChI is InChI=1S/C20H16N6O/c1-26-19(6-8-23-26)20(27)24-17-9-12(10-18-15(17)11-22-25-18)13-3-2-4-16-14(13)5-7-21-16/h2-11,21H,1H3,(H,22,25)(H,24,27). The Balaban J connectivity index is 1.65. The molecule has 7 heteroatoms. The molecular weight excluding hydrogens is 340 g/mol. The Morgan fingerprint density at radius 2 is 2.04 bits per heavy atom. The van der Waals surface area contributed by atoms with Gasteiger partial charge in [0, 0.05) is 35.7 Å². The van der Waals surface area contributed by atoms with Gasteiger partial charge in [0.15, 0.2) is 0 Å². The van der Waals surface area contributed by atoms with Gasteiger partial charge in [-0.15, -0.1) is 0 Å². The molecule has 1 amide bonds. The van der Waals surface area contributed by atoms with Crippen LogP contribution in [-0.2, 0) is 7.05 Å². The molecule has 0 unspecified atom stereocenters. The summed E-state index contributed by atoms with van der Waals surface area (Å²) in [6.45, 7) is 0. The molecule has 5 aromatic rings. The highest BCUT2D eigenvalue weighted by atomic mass is 16.2. The van der Waals surface area contributed by atoms with Gasteiger partial charge < -0.3 is 10.3 Å². The first kappa shape index (κ1) is 15.4. The van der Waals surface area contributed by atoms with Crippen LogP contribution in [0.1, 0.15) is 10.5 Å². The van der Waals surface area contributed by atoms with E-state index in [4.69, 9.17) is 0 Å². The topological polar surface area (TPSA) is 91.4 Å². The van der Waals surface area contributed by atoms with Crippen LogP contribution in [0.4, 0.5) is 5.69 Å². The van der Waals surface area contributed by atoms with Crippen molar-refractivity contribution in [1.29, 1.82) is 0 Å². The number of aromatic nitrogens is 5. The minimum Gasteiger partial charge on any atom is -0.361 e. The van der Waals surface area contributed by atoms with Crippen molar-refractivity contribution in [3.8, 4) is 11.1 Å². The summed E-state index contributed by atoms with van der Waals surface area (Å²) in [7, 11) is 1.74. The van der Waals surface area contributed by atoms with Crippen LogP contribution in [0.3, 0.4) is 0 Å². The van der Waals surface area contributed by atoms with E-state index in [-0.39, 0.29) is 5.91 Å². The van der Waals surface area contributed by atoms with Crippen LogP contribution in [0, 0.1) is 0 Å². The summed E-state index contributed by atoms with van der Waals surface area (Å²) in [4.78, 5) is 15.9. The number of rotatable bonds is 3. The first-order chi connectivity index (χ1) is 13.2. The fourth-order valence-corrected chi connectivity index (χ4v) is 3.43. The quantitative estimate of drug-likeness (QED) is 0.460. The van der Waals surface area contributed by atoms with Gasteiger partial charge in [0.1, 0.15) is 5.69 Å². The van der Waals surface area contributed by atoms with Gasteiger partial charge in [0.2, 0.25) is 0 Å². The third-order valence-corrected chi connectivity index (χ3v) is 4.77. The van der Waals surface area contributed by atoms with Gasteiger partial charge >= 0.3 is 0 Å². The number of nitrogens with one attached hydrogen (secondary N) is 3. The van der Waals surface area contributed by atoms with Crippen molar-refractivity contribution in [2.24, 2.45) is 7.05 Å². The number of aromatic amines is 2. The van der Waals surface area contributed by atoms with Gasteiger partial charge in [-0.3, -0.25) is 14.6 Å². The molecular formula is C20H16N6O. The van der Waals surface area contributed by atoms with E-state index < -0.39 is 0 Å². The Morgan fingerprint density at radius 3 is 2.89 bits per heavy atom. The van der Waals surface area contributed by atoms with Crippen molar-refractivity contribution in [1.82, 2.24) is 25.0 Å². The first-order valence-electron chi connectivity index (χ1n) is 8.54. The van der Waals surface area contributed by atoms with E-state index in [1.165, 1.54) is 0 Å². The van der Waals surface area contributed by atoms with E-state index in [0.717, 1.165) is 32.9 Å². The zero-order valence-corrected chi connectivity index (χ0v) is 14.5. The van der Waals surface area contributed by atoms with Crippen molar-refractivity contribution >= 4 is 33.4 Å². The molecule has 0 saturated heterocycles. The summed E-state index contributed by atoms with van der Waals surface area (Å²) < 4.78 is 1.55. The number of nitrogens with zero attached hydrogens (tertiary/aromatic N) is 3. The van der Waals surface area contributed by atoms with Crippen LogP contribution in [-0.4, -0.2) is 30.9 Å². The maximum Gasteiger partial charge on any atom is 0.273 e. The van der Waals surface area contributed by atoms with Crippen LogP contribution in [0.25, 0.3) is 32.9 Å². The normalized spacial score (nSPS) is 11.3. The summed E-state index contributed by atoms with van der Waals surface area (Å²) in [5.74, 6) is -0.213. The highest BCUT2D eigenvalue weighted by Gasteiger charge is 2.15. The number of carbonyl (C=O) groups excluding carboxylic acids is 1. The maximum absolute atomic E-state index is 12.7. The molecule has 0 atom stereocenters. The van der Waals surface area contributed by atoms with Crippen molar-refractivity contribution in [3.63, 3.8) is 0 Å². The predicted molar refractivity (Wildman–Crippen MR) is 105 cm³/mol. The van der Waals surface area contributed by atoms with Crippen molar-refractivity contribution in [3.05, 3.63) is 66.7 Å². The number of fused-ring (bicyclic) bond motifs is 2. The number of H-pyrrole nitrogens is 2. The molecule has 3 aromatic heterocycles. The van der Waals surface area contributed by atoms with Crippen LogP contribution in [0.5, 0.6) is 0 Å². The number of anilines is 1. The fourth-order valence-electron chi connectivity index (χ4n) is 3.43. The molecule has 3 N–H and O–H groups in total. The molecule has 27 heavy (non-hydrogen) atoms. The van der Waals surface area contributed by atoms with Gasteiger partial charge in [-0.1, -0.05) is 12.1 Å². The summed E-state index contributed by atoms with van der Waals surface area (Å²) in [5.41, 5.74) is 5.20. The highest BCUT2D eigenvalue weighted by Crippen LogP contribution is 2.34. The number of benzene rings is 2. The second-order valence-corrected chi connectivity index (χ2v) is 6.39. The van der Waals surface area contributed by atoms with Crippen molar-refractivity contribution < 1.29 is 4.79 Å². The Hall–Kier alpha value is -3.87. The lowest BCUT2D eigenvalue weighted by molar-refractivity contribution is 0.101. The van der Waals surface area contributed by atoms with E-state index >= 15 is 0 Å². The van der Waals surface area contributed by atoms with Crippen LogP contribution < -0.4 is 5.32 Å². The molecule has 0 fully saturated rings. The Bertz CT molecular complexity index is 1290. The van der Waals surface area contributed by atoms with Crippen molar-refractivity contribution in [2.45, 2.75) is 0 Å². The third-order valence-electron chi connectivity index (χ3n) is 4.77. The molecule has 0 aliphatic rings. The maximum atomic E-state index is 12.7. The lowest BCUT2D eigenvalue weighted by atomic mass is 9.99. The minimum atomic E-state index is -0.213. The van der Waals surface area contributed by atoms with E-state index in [0.29, 0.717) is 11.4 Å². The largest absolute Gasteiger partial charge is 0.361 e. The molecule has 132 valence electrons. The highest BCUT2D eigenvalue weighted by molar-refractivity contribution is 6.09. The van der Waals surface area contributed by atoms with E-state index in [1.54, 1.807) is 30.2 Å². The minimum absolute atomic E-state index is 0.213. The van der Waals surface area contributed by atoms with Gasteiger partial charge in [-0.05, 0) is 41.5 Å². The average Bonchev–Trinajstić information content (AvgIpc) is 3.40. The summed E-state index contributed by atoms with van der Waals surface area (Å²) in [6, 6.07) is 13.9. The zero-order chi connectivity index (χ0) is 18.4. The predicted octanol–water partition coefficient (Wildman–Crippen LogP) is 3.70. The summed E-state index contributed by atoms with van der Waals surface area (Å²) in [5, 5.41) is 16.2. The molecule has 0 aliphatic carbocycles. The lowest BCUT2D eigenvalue weighted by Gasteiger charge is -2.10. The third kappa shape index (κ3) is 2.48. The monoisotopic (exact) mass is 356 g/mol. The number of amides is 1. The molecule has 0 bridgehead atoms. The van der Waals surface area contributed by atoms with Crippen molar-refractivity contribution in [2.75, 3.05) is 5.32 Å². The number of aryl methyl sites for hydroxylation is 1. The Morgan fingerprint density at radius 1 is 1.11 bits per heavy atom. The molecule has 0 spiro atoms. The fraction of sp³-hybridized carbons (Fsp3) is 0.0500. The lowest BCUT2D eigenvalue weighted by Crippen LogP contribution is -2.16. The van der Waals surface area contributed by atoms with Crippen LogP contribution in [0.2, 0.25) is 0 Å². The van der Waals surface area contributed by atoms with Crippen LogP contribution >= 0.6 is 0 Å². The van der Waals surface area contributed by atoms with E-state index in [2.05, 4.69) is 37.7 Å². The molecule has 0 saturated carbocycles. The molecule has 3 heterocycles. The number of hydrogen-bond donors (Lipinski definition) is 3. The van der Waals surface area contributed by atoms with Gasteiger partial charge in [0.25, 0.3) is 5.91 Å². The second-order valence-electron chi connectivity index (χ2n) is 6.39. The van der Waals surface area contributed by atoms with E-state index in [9.17, 15) is 4.79 Å². The smallest absolute Gasteiger partial charge is 0.273 e. The first-order valence-corrected chi connectivity index (χ1v) is 8.54. The Labute approximate surface area is 154 Å². The molecule has 0 aliphatic heterocycles. The molecule has 2 aromatic carbocycles. The average molecular weight is 356 g/mol. The van der Waals surface area contributed by atoms with Gasteiger partial charge in [-0.25, -0.2) is 0 Å². The zero-order valence-electron chi connectivity index (χ0n) is 14.5. The number of carbonyl (C=O) groups is 1. The molecule has 5 rings (SSSR count). The summed E-state index contributed by atoms with van der Waals surface area (Å²) >= 11 is 0. The van der Waals surface area contributed by atoms with Gasteiger partial charge in [0.05, 0.1) is 17.4 Å². The van der Waals surface area contributed by atoms with E-state index in [1.807, 2.05) is 30.5 Å². The molecule has 7 nitrogen and oxygen atoms in total.